The zero-order valence-corrected chi connectivity index (χ0v) is 19.0. The summed E-state index contributed by atoms with van der Waals surface area (Å²) in [6, 6.07) is 12.3. The van der Waals surface area contributed by atoms with Crippen LogP contribution in [0.3, 0.4) is 0 Å². The van der Waals surface area contributed by atoms with Crippen LogP contribution in [0.2, 0.25) is 5.02 Å². The van der Waals surface area contributed by atoms with Gasteiger partial charge in [0, 0.05) is 11.4 Å². The Morgan fingerprint density at radius 2 is 1.82 bits per heavy atom. The fourth-order valence-corrected chi connectivity index (χ4v) is 6.00. The molecule has 2 aromatic carbocycles. The Morgan fingerprint density at radius 3 is 2.48 bits per heavy atom. The molecule has 6 rings (SSSR count). The molecule has 33 heavy (non-hydrogen) atoms. The van der Waals surface area contributed by atoms with Gasteiger partial charge in [0.15, 0.2) is 0 Å². The van der Waals surface area contributed by atoms with E-state index in [1.165, 1.54) is 18.4 Å². The Balaban J connectivity index is 1.19. The molecule has 0 bridgehead atoms. The van der Waals surface area contributed by atoms with Gasteiger partial charge >= 0.3 is 5.97 Å². The number of carboxylic acid groups (broad SMARTS) is 1. The summed E-state index contributed by atoms with van der Waals surface area (Å²) in [5.41, 5.74) is 3.96. The second kappa shape index (κ2) is 7.59. The SMILES string of the molecule is O=C(NC1CC2(C1)CC(C(=O)O)C2)c1ccc(Cl)c2cnn(Cc3ccc(C4CC4)cc3)c12. The second-order valence-corrected chi connectivity index (χ2v) is 10.6. The third-order valence-electron chi connectivity index (χ3n) is 7.76. The number of rotatable bonds is 6. The van der Waals surface area contributed by atoms with E-state index in [-0.39, 0.29) is 23.3 Å². The molecule has 0 saturated heterocycles. The van der Waals surface area contributed by atoms with Crippen LogP contribution in [-0.4, -0.2) is 32.8 Å². The first kappa shape index (κ1) is 20.7. The van der Waals surface area contributed by atoms with Crippen molar-refractivity contribution in [3.8, 4) is 0 Å². The Labute approximate surface area is 196 Å². The van der Waals surface area contributed by atoms with Crippen molar-refractivity contribution in [3.05, 3.63) is 64.3 Å². The second-order valence-electron chi connectivity index (χ2n) is 10.2. The van der Waals surface area contributed by atoms with Gasteiger partial charge in [-0.3, -0.25) is 14.3 Å². The smallest absolute Gasteiger partial charge is 0.306 e. The number of benzene rings is 2. The highest BCUT2D eigenvalue weighted by molar-refractivity contribution is 6.36. The number of hydrogen-bond acceptors (Lipinski definition) is 3. The van der Waals surface area contributed by atoms with Crippen LogP contribution < -0.4 is 5.32 Å². The summed E-state index contributed by atoms with van der Waals surface area (Å²) in [5.74, 6) is -0.326. The monoisotopic (exact) mass is 463 g/mol. The molecule has 3 fully saturated rings. The molecule has 1 aromatic heterocycles. The Hall–Kier alpha value is -2.86. The summed E-state index contributed by atoms with van der Waals surface area (Å²) in [6.45, 7) is 0.568. The Kier molecular flexibility index (Phi) is 4.77. The number of halogens is 1. The van der Waals surface area contributed by atoms with Crippen LogP contribution in [0.5, 0.6) is 0 Å². The number of nitrogens with one attached hydrogen (secondary N) is 1. The average Bonchev–Trinajstić information content (AvgIpc) is 3.50. The van der Waals surface area contributed by atoms with Gasteiger partial charge in [0.25, 0.3) is 5.91 Å². The predicted molar refractivity (Wildman–Crippen MR) is 126 cm³/mol. The number of amides is 1. The van der Waals surface area contributed by atoms with Crippen LogP contribution in [-0.2, 0) is 11.3 Å². The summed E-state index contributed by atoms with van der Waals surface area (Å²) >= 11 is 6.43. The van der Waals surface area contributed by atoms with Gasteiger partial charge < -0.3 is 10.4 Å². The molecular weight excluding hydrogens is 438 g/mol. The quantitative estimate of drug-likeness (QED) is 0.539. The molecule has 1 amide bonds. The number of fused-ring (bicyclic) bond motifs is 1. The average molecular weight is 464 g/mol. The Morgan fingerprint density at radius 1 is 1.09 bits per heavy atom. The summed E-state index contributed by atoms with van der Waals surface area (Å²) in [7, 11) is 0. The zero-order valence-electron chi connectivity index (χ0n) is 18.3. The van der Waals surface area contributed by atoms with Crippen LogP contribution in [0.15, 0.2) is 42.6 Å². The molecule has 3 saturated carbocycles. The topological polar surface area (TPSA) is 84.2 Å². The number of carboxylic acids is 1. The lowest BCUT2D eigenvalue weighted by Crippen LogP contribution is -2.57. The minimum Gasteiger partial charge on any atom is -0.481 e. The highest BCUT2D eigenvalue weighted by Crippen LogP contribution is 2.58. The molecule has 2 N–H and O–H groups in total. The highest BCUT2D eigenvalue weighted by atomic mass is 35.5. The van der Waals surface area contributed by atoms with E-state index in [9.17, 15) is 9.59 Å². The summed E-state index contributed by atoms with van der Waals surface area (Å²) in [5, 5.41) is 18.2. The van der Waals surface area contributed by atoms with Gasteiger partial charge in [0.1, 0.15) is 0 Å². The minimum atomic E-state index is -0.702. The fourth-order valence-electron chi connectivity index (χ4n) is 5.80. The minimum absolute atomic E-state index is 0.0873. The van der Waals surface area contributed by atoms with Crippen molar-refractivity contribution in [2.75, 3.05) is 0 Å². The highest BCUT2D eigenvalue weighted by Gasteiger charge is 2.55. The molecule has 3 aliphatic carbocycles. The van der Waals surface area contributed by atoms with Gasteiger partial charge in [-0.25, -0.2) is 0 Å². The van der Waals surface area contributed by atoms with Crippen LogP contribution in [0.4, 0.5) is 0 Å². The molecule has 170 valence electrons. The number of carbonyl (C=O) groups excluding carboxylic acids is 1. The van der Waals surface area contributed by atoms with E-state index in [2.05, 4.69) is 34.7 Å². The zero-order chi connectivity index (χ0) is 22.7. The third kappa shape index (κ3) is 3.70. The molecule has 0 radical (unpaired) electrons. The van der Waals surface area contributed by atoms with Gasteiger partial charge in [0.05, 0.1) is 34.8 Å². The van der Waals surface area contributed by atoms with Gasteiger partial charge in [-0.15, -0.1) is 0 Å². The number of carbonyl (C=O) groups is 2. The van der Waals surface area contributed by atoms with Crippen LogP contribution in [0, 0.1) is 11.3 Å². The maximum atomic E-state index is 13.2. The van der Waals surface area contributed by atoms with Crippen molar-refractivity contribution in [2.45, 2.75) is 57.0 Å². The van der Waals surface area contributed by atoms with Crippen LogP contribution in [0.1, 0.15) is 65.9 Å². The van der Waals surface area contributed by atoms with E-state index in [4.69, 9.17) is 16.7 Å². The van der Waals surface area contributed by atoms with E-state index >= 15 is 0 Å². The lowest BCUT2D eigenvalue weighted by Gasteiger charge is -2.56. The van der Waals surface area contributed by atoms with E-state index in [0.717, 1.165) is 48.1 Å². The fraction of sp³-hybridized carbons (Fsp3) is 0.423. The van der Waals surface area contributed by atoms with Gasteiger partial charge in [-0.1, -0.05) is 35.9 Å². The van der Waals surface area contributed by atoms with Crippen molar-refractivity contribution >= 4 is 34.4 Å². The molecule has 0 aliphatic heterocycles. The molecule has 1 spiro atoms. The molecule has 0 atom stereocenters. The van der Waals surface area contributed by atoms with Crippen LogP contribution in [0.25, 0.3) is 10.9 Å². The van der Waals surface area contributed by atoms with Crippen molar-refractivity contribution < 1.29 is 14.7 Å². The molecule has 3 aliphatic rings. The third-order valence-corrected chi connectivity index (χ3v) is 8.09. The standard InChI is InChI=1S/C26H26ClN3O3/c27-22-8-7-20(24(31)29-19-11-26(12-19)9-18(10-26)25(32)33)23-21(22)13-28-30(23)14-15-1-3-16(4-2-15)17-5-6-17/h1-4,7-8,13,17-19H,5-6,9-12,14H2,(H,29,31)(H,32,33). The molecule has 7 heteroatoms. The van der Waals surface area contributed by atoms with Crippen molar-refractivity contribution in [1.82, 2.24) is 15.1 Å². The normalized spacial score (nSPS) is 26.1. The van der Waals surface area contributed by atoms with Gasteiger partial charge in [-0.2, -0.15) is 5.10 Å². The number of hydrogen-bond donors (Lipinski definition) is 2. The summed E-state index contributed by atoms with van der Waals surface area (Å²) < 4.78 is 1.86. The van der Waals surface area contributed by atoms with E-state index < -0.39 is 5.97 Å². The predicted octanol–water partition coefficient (Wildman–Crippen LogP) is 4.99. The lowest BCUT2D eigenvalue weighted by molar-refractivity contribution is -0.155. The van der Waals surface area contributed by atoms with Crippen molar-refractivity contribution in [1.29, 1.82) is 0 Å². The summed E-state index contributed by atoms with van der Waals surface area (Å²) in [4.78, 5) is 24.3. The lowest BCUT2D eigenvalue weighted by atomic mass is 9.50. The largest absolute Gasteiger partial charge is 0.481 e. The van der Waals surface area contributed by atoms with E-state index in [0.29, 0.717) is 17.1 Å². The molecule has 1 heterocycles. The van der Waals surface area contributed by atoms with Crippen molar-refractivity contribution in [3.63, 3.8) is 0 Å². The maximum Gasteiger partial charge on any atom is 0.306 e. The molecule has 3 aromatic rings. The number of aromatic nitrogens is 2. The molecule has 0 unspecified atom stereocenters. The van der Waals surface area contributed by atoms with E-state index in [1.54, 1.807) is 18.3 Å². The first-order valence-corrected chi connectivity index (χ1v) is 12.1. The molecule has 6 nitrogen and oxygen atoms in total. The number of nitrogens with zero attached hydrogens (tertiary/aromatic N) is 2. The summed E-state index contributed by atoms with van der Waals surface area (Å²) in [6.07, 6.45) is 7.45. The van der Waals surface area contributed by atoms with Gasteiger partial charge in [0.2, 0.25) is 0 Å². The van der Waals surface area contributed by atoms with Crippen LogP contribution >= 0.6 is 11.6 Å². The Bertz CT molecular complexity index is 1250. The van der Waals surface area contributed by atoms with Crippen molar-refractivity contribution in [2.24, 2.45) is 11.3 Å². The first-order chi connectivity index (χ1) is 15.9. The maximum absolute atomic E-state index is 13.2. The first-order valence-electron chi connectivity index (χ1n) is 11.7. The number of aliphatic carboxylic acids is 1. The van der Waals surface area contributed by atoms with Gasteiger partial charge in [-0.05, 0) is 73.1 Å². The molecular formula is C26H26ClN3O3. The van der Waals surface area contributed by atoms with E-state index in [1.807, 2.05) is 4.68 Å².